The van der Waals surface area contributed by atoms with Crippen molar-refractivity contribution in [3.05, 3.63) is 89.7 Å². The zero-order chi connectivity index (χ0) is 27.2. The molecule has 2 aliphatic heterocycles. The second-order valence-electron chi connectivity index (χ2n) is 10.6. The number of para-hydroxylation sites is 2. The molecule has 2 aliphatic rings. The fourth-order valence-corrected chi connectivity index (χ4v) is 5.96. The van der Waals surface area contributed by atoms with Crippen molar-refractivity contribution < 1.29 is 14.3 Å². The van der Waals surface area contributed by atoms with Crippen LogP contribution in [0.5, 0.6) is 5.75 Å². The van der Waals surface area contributed by atoms with Crippen molar-refractivity contribution in [3.8, 4) is 5.75 Å². The van der Waals surface area contributed by atoms with Gasteiger partial charge in [0.15, 0.2) is 6.61 Å². The van der Waals surface area contributed by atoms with E-state index in [0.717, 1.165) is 60.5 Å². The van der Waals surface area contributed by atoms with Gasteiger partial charge in [0, 0.05) is 57.1 Å². The maximum atomic E-state index is 13.8. The predicted octanol–water partition coefficient (Wildman–Crippen LogP) is 4.98. The molecule has 0 N–H and O–H groups in total. The lowest BCUT2D eigenvalue weighted by molar-refractivity contribution is -0.135. The first-order valence-electron chi connectivity index (χ1n) is 14.0. The molecule has 7 nitrogen and oxygen atoms in total. The predicted molar refractivity (Wildman–Crippen MR) is 152 cm³/mol. The number of ether oxygens (including phenoxy) is 1. The van der Waals surface area contributed by atoms with Crippen LogP contribution in [0.3, 0.4) is 0 Å². The molecule has 2 unspecified atom stereocenters. The standard InChI is InChI=1S/C32H38N4O3/c1-24-10-3-6-16-31(24)39-23-32(38)34-20-26-11-4-5-15-30(26)35(25(2)37)19-17-28-13-9-14-29(22-34)36(28)21-27-12-7-8-18-33-27/h3-8,10-12,15-16,18,28-29H,9,13-14,17,19-23H2,1-2H3. The number of hydrogen-bond donors (Lipinski definition) is 0. The largest absolute Gasteiger partial charge is 0.484 e. The number of aromatic nitrogens is 1. The first-order chi connectivity index (χ1) is 19.0. The van der Waals surface area contributed by atoms with Gasteiger partial charge in [0.25, 0.3) is 5.91 Å². The minimum Gasteiger partial charge on any atom is -0.484 e. The third-order valence-corrected chi connectivity index (χ3v) is 8.02. The van der Waals surface area contributed by atoms with Crippen LogP contribution in [0.25, 0.3) is 0 Å². The van der Waals surface area contributed by atoms with Gasteiger partial charge in [-0.1, -0.05) is 48.9 Å². The number of aryl methyl sites for hydroxylation is 1. The summed E-state index contributed by atoms with van der Waals surface area (Å²) < 4.78 is 6.00. The molecule has 3 heterocycles. The Balaban J connectivity index is 1.48. The van der Waals surface area contributed by atoms with Crippen LogP contribution in [0.2, 0.25) is 0 Å². The fourth-order valence-electron chi connectivity index (χ4n) is 5.96. The fraction of sp³-hybridized carbons (Fsp3) is 0.406. The SMILES string of the molecule is CC(=O)N1CCC2CCCC(CN(C(=O)COc3ccccc3C)Cc3ccccc31)N2Cc1ccccn1. The highest BCUT2D eigenvalue weighted by Gasteiger charge is 2.35. The van der Waals surface area contributed by atoms with Gasteiger partial charge in [-0.15, -0.1) is 0 Å². The molecule has 39 heavy (non-hydrogen) atoms. The Morgan fingerprint density at radius 3 is 2.51 bits per heavy atom. The van der Waals surface area contributed by atoms with E-state index in [1.807, 2.05) is 83.6 Å². The van der Waals surface area contributed by atoms with Crippen molar-refractivity contribution in [2.75, 3.05) is 24.6 Å². The topological polar surface area (TPSA) is 66.0 Å². The minimum absolute atomic E-state index is 0.0195. The first kappa shape index (κ1) is 26.9. The molecule has 0 aliphatic carbocycles. The number of fused-ring (bicyclic) bond motifs is 3. The van der Waals surface area contributed by atoms with E-state index >= 15 is 0 Å². The lowest BCUT2D eigenvalue weighted by Gasteiger charge is -2.44. The Hall–Kier alpha value is -3.71. The summed E-state index contributed by atoms with van der Waals surface area (Å²) in [6.45, 7) is 5.99. The number of nitrogens with zero attached hydrogens (tertiary/aromatic N) is 4. The highest BCUT2D eigenvalue weighted by molar-refractivity contribution is 5.92. The normalized spacial score (nSPS) is 20.1. The van der Waals surface area contributed by atoms with Gasteiger partial charge < -0.3 is 14.5 Å². The molecular formula is C32H38N4O3. The van der Waals surface area contributed by atoms with E-state index in [9.17, 15) is 9.59 Å². The van der Waals surface area contributed by atoms with Gasteiger partial charge in [0.1, 0.15) is 5.75 Å². The van der Waals surface area contributed by atoms with E-state index in [1.54, 1.807) is 6.92 Å². The molecule has 0 spiro atoms. The third kappa shape index (κ3) is 6.48. The van der Waals surface area contributed by atoms with Crippen LogP contribution < -0.4 is 9.64 Å². The summed E-state index contributed by atoms with van der Waals surface area (Å²) >= 11 is 0. The molecule has 3 aromatic rings. The van der Waals surface area contributed by atoms with Crippen molar-refractivity contribution in [1.82, 2.24) is 14.8 Å². The number of benzene rings is 2. The first-order valence-corrected chi connectivity index (χ1v) is 14.0. The molecule has 2 bridgehead atoms. The second-order valence-corrected chi connectivity index (χ2v) is 10.6. The maximum absolute atomic E-state index is 13.8. The van der Waals surface area contributed by atoms with Crippen LogP contribution in [0, 0.1) is 6.92 Å². The lowest BCUT2D eigenvalue weighted by Crippen LogP contribution is -2.52. The summed E-state index contributed by atoms with van der Waals surface area (Å²) in [4.78, 5) is 37.6. The van der Waals surface area contributed by atoms with E-state index in [4.69, 9.17) is 4.74 Å². The molecule has 7 heteroatoms. The van der Waals surface area contributed by atoms with Crippen LogP contribution in [-0.4, -0.2) is 58.4 Å². The summed E-state index contributed by atoms with van der Waals surface area (Å²) in [5.41, 5.74) is 3.89. The van der Waals surface area contributed by atoms with Crippen molar-refractivity contribution >= 4 is 17.5 Å². The number of rotatable bonds is 5. The average Bonchev–Trinajstić information content (AvgIpc) is 2.95. The summed E-state index contributed by atoms with van der Waals surface area (Å²) in [5.74, 6) is 0.689. The van der Waals surface area contributed by atoms with E-state index in [1.165, 1.54) is 0 Å². The average molecular weight is 527 g/mol. The molecular weight excluding hydrogens is 488 g/mol. The molecule has 2 amide bonds. The van der Waals surface area contributed by atoms with Crippen molar-refractivity contribution in [1.29, 1.82) is 0 Å². The number of hydrogen-bond acceptors (Lipinski definition) is 5. The number of pyridine rings is 1. The summed E-state index contributed by atoms with van der Waals surface area (Å²) in [5, 5.41) is 0. The zero-order valence-electron chi connectivity index (χ0n) is 23.0. The summed E-state index contributed by atoms with van der Waals surface area (Å²) in [6, 6.07) is 22.3. The van der Waals surface area contributed by atoms with Crippen molar-refractivity contribution in [2.45, 2.75) is 64.7 Å². The van der Waals surface area contributed by atoms with Gasteiger partial charge >= 0.3 is 0 Å². The molecule has 2 atom stereocenters. The Morgan fingerprint density at radius 2 is 1.72 bits per heavy atom. The van der Waals surface area contributed by atoms with Gasteiger partial charge in [-0.05, 0) is 61.6 Å². The van der Waals surface area contributed by atoms with E-state index < -0.39 is 0 Å². The number of piperidine rings is 1. The maximum Gasteiger partial charge on any atom is 0.260 e. The quantitative estimate of drug-likeness (QED) is 0.469. The van der Waals surface area contributed by atoms with E-state index in [0.29, 0.717) is 25.7 Å². The number of amides is 2. The molecule has 2 aromatic carbocycles. The Kier molecular flexibility index (Phi) is 8.57. The van der Waals surface area contributed by atoms with Gasteiger partial charge in [-0.3, -0.25) is 19.5 Å². The van der Waals surface area contributed by atoms with Gasteiger partial charge in [0.2, 0.25) is 5.91 Å². The van der Waals surface area contributed by atoms with Crippen LogP contribution >= 0.6 is 0 Å². The smallest absolute Gasteiger partial charge is 0.260 e. The molecule has 0 radical (unpaired) electrons. The monoisotopic (exact) mass is 526 g/mol. The van der Waals surface area contributed by atoms with Gasteiger partial charge in [-0.25, -0.2) is 0 Å². The molecule has 204 valence electrons. The Morgan fingerprint density at radius 1 is 0.949 bits per heavy atom. The molecule has 0 saturated carbocycles. The van der Waals surface area contributed by atoms with E-state index in [-0.39, 0.29) is 24.5 Å². The molecule has 1 saturated heterocycles. The number of carbonyl (C=O) groups is 2. The van der Waals surface area contributed by atoms with Gasteiger partial charge in [-0.2, -0.15) is 0 Å². The highest BCUT2D eigenvalue weighted by Crippen LogP contribution is 2.31. The minimum atomic E-state index is -0.0541. The van der Waals surface area contributed by atoms with Crippen molar-refractivity contribution in [2.24, 2.45) is 0 Å². The Bertz CT molecular complexity index is 1280. The zero-order valence-corrected chi connectivity index (χ0v) is 23.0. The van der Waals surface area contributed by atoms with E-state index in [2.05, 4.69) is 16.0 Å². The van der Waals surface area contributed by atoms with Crippen LogP contribution in [0.1, 0.15) is 49.4 Å². The third-order valence-electron chi connectivity index (χ3n) is 8.02. The second kappa shape index (κ2) is 12.4. The highest BCUT2D eigenvalue weighted by atomic mass is 16.5. The van der Waals surface area contributed by atoms with Crippen LogP contribution in [0.4, 0.5) is 5.69 Å². The molecule has 1 aromatic heterocycles. The number of carbonyl (C=O) groups excluding carboxylic acids is 2. The number of anilines is 1. The summed E-state index contributed by atoms with van der Waals surface area (Å²) in [7, 11) is 0. The van der Waals surface area contributed by atoms with Gasteiger partial charge in [0.05, 0.1) is 5.69 Å². The van der Waals surface area contributed by atoms with Crippen LogP contribution in [-0.2, 0) is 22.7 Å². The Labute approximate surface area is 231 Å². The summed E-state index contributed by atoms with van der Waals surface area (Å²) in [6.07, 6.45) is 5.90. The lowest BCUT2D eigenvalue weighted by atomic mass is 9.92. The van der Waals surface area contributed by atoms with Crippen molar-refractivity contribution in [3.63, 3.8) is 0 Å². The molecule has 5 rings (SSSR count). The molecule has 1 fully saturated rings. The van der Waals surface area contributed by atoms with Crippen LogP contribution in [0.15, 0.2) is 72.9 Å².